The third-order valence-corrected chi connectivity index (χ3v) is 7.10. The highest BCUT2D eigenvalue weighted by Crippen LogP contribution is 2.43. The molecule has 1 saturated heterocycles. The van der Waals surface area contributed by atoms with E-state index in [4.69, 9.17) is 0 Å². The Morgan fingerprint density at radius 3 is 2.50 bits per heavy atom. The number of hydrogen-bond donors (Lipinski definition) is 1. The predicted octanol–water partition coefficient (Wildman–Crippen LogP) is 1.95. The van der Waals surface area contributed by atoms with Gasteiger partial charge in [0.05, 0.1) is 5.39 Å². The summed E-state index contributed by atoms with van der Waals surface area (Å²) in [4.78, 5) is 13.5. The fourth-order valence-electron chi connectivity index (χ4n) is 4.20. The van der Waals surface area contributed by atoms with Gasteiger partial charge in [-0.2, -0.15) is 17.5 Å². The van der Waals surface area contributed by atoms with Crippen molar-refractivity contribution in [2.24, 2.45) is 11.8 Å². The number of hydrogen-bond acceptors (Lipinski definition) is 5. The first-order chi connectivity index (χ1) is 12.2. The molecule has 26 heavy (non-hydrogen) atoms. The molecule has 142 valence electrons. The van der Waals surface area contributed by atoms with Gasteiger partial charge in [-0.25, -0.2) is 18.4 Å². The largest absolute Gasteiger partial charge is 0.511 e. The van der Waals surface area contributed by atoms with Crippen LogP contribution in [0, 0.1) is 11.8 Å². The molecular formula is C15H18F3N5O2S. The van der Waals surface area contributed by atoms with E-state index < -0.39 is 15.5 Å². The number of nitrogens with zero attached hydrogens (tertiary/aromatic N) is 4. The Kier molecular flexibility index (Phi) is 3.92. The van der Waals surface area contributed by atoms with Crippen LogP contribution in [0.1, 0.15) is 12.8 Å². The maximum atomic E-state index is 12.8. The number of rotatable bonds is 3. The number of H-pyrrole nitrogens is 1. The average molecular weight is 389 g/mol. The summed E-state index contributed by atoms with van der Waals surface area (Å²) in [5, 5.41) is 0.883. The SMILES string of the molecule is CN(c1ncnc2[nH]ccc12)[C@H]1CC2CN(S(=O)(=O)C(F)(F)F)C[C@@H]2C1. The van der Waals surface area contributed by atoms with Crippen LogP contribution in [0.2, 0.25) is 0 Å². The second-order valence-electron chi connectivity index (χ2n) is 6.96. The van der Waals surface area contributed by atoms with E-state index in [1.807, 2.05) is 18.0 Å². The van der Waals surface area contributed by atoms with Crippen LogP contribution < -0.4 is 4.90 Å². The zero-order valence-electron chi connectivity index (χ0n) is 13.9. The van der Waals surface area contributed by atoms with Gasteiger partial charge >= 0.3 is 15.5 Å². The molecule has 4 rings (SSSR count). The minimum absolute atomic E-state index is 0.0665. The van der Waals surface area contributed by atoms with Gasteiger partial charge in [-0.3, -0.25) is 0 Å². The van der Waals surface area contributed by atoms with Crippen molar-refractivity contribution in [1.29, 1.82) is 0 Å². The standard InChI is InChI=1S/C15H18F3N5O2S/c1-22(14-12-2-3-19-13(12)20-8-21-14)11-4-9-6-23(7-10(9)5-11)26(24,25)15(16,17)18/h2-3,8-11H,4-7H2,1H3,(H,19,20,21)/t9-,10?,11+/m0/s1. The fraction of sp³-hybridized carbons (Fsp3) is 0.600. The summed E-state index contributed by atoms with van der Waals surface area (Å²) in [5.41, 5.74) is -4.51. The molecule has 2 aromatic heterocycles. The Labute approximate surface area is 148 Å². The molecule has 1 unspecified atom stereocenters. The van der Waals surface area contributed by atoms with E-state index in [2.05, 4.69) is 15.0 Å². The van der Waals surface area contributed by atoms with Crippen LogP contribution in [-0.2, 0) is 10.0 Å². The van der Waals surface area contributed by atoms with Crippen LogP contribution in [0.15, 0.2) is 18.6 Å². The van der Waals surface area contributed by atoms with Crippen molar-refractivity contribution in [2.75, 3.05) is 25.0 Å². The Morgan fingerprint density at radius 2 is 1.88 bits per heavy atom. The van der Waals surface area contributed by atoms with Gasteiger partial charge in [-0.05, 0) is 30.7 Å². The van der Waals surface area contributed by atoms with Crippen molar-refractivity contribution in [2.45, 2.75) is 24.4 Å². The van der Waals surface area contributed by atoms with Gasteiger partial charge in [0.25, 0.3) is 0 Å². The molecule has 3 atom stereocenters. The smallest absolute Gasteiger partial charge is 0.356 e. The van der Waals surface area contributed by atoms with E-state index in [0.29, 0.717) is 17.1 Å². The maximum Gasteiger partial charge on any atom is 0.511 e. The number of anilines is 1. The monoisotopic (exact) mass is 389 g/mol. The lowest BCUT2D eigenvalue weighted by molar-refractivity contribution is -0.0485. The summed E-state index contributed by atoms with van der Waals surface area (Å²) < 4.78 is 62.1. The van der Waals surface area contributed by atoms with Crippen molar-refractivity contribution in [1.82, 2.24) is 19.3 Å². The molecule has 2 aromatic rings. The van der Waals surface area contributed by atoms with Gasteiger partial charge in [0.2, 0.25) is 0 Å². The molecule has 7 nitrogen and oxygen atoms in total. The molecule has 11 heteroatoms. The van der Waals surface area contributed by atoms with Gasteiger partial charge < -0.3 is 9.88 Å². The summed E-state index contributed by atoms with van der Waals surface area (Å²) >= 11 is 0. The maximum absolute atomic E-state index is 12.8. The Balaban J connectivity index is 1.49. The molecule has 0 bridgehead atoms. The summed E-state index contributed by atoms with van der Waals surface area (Å²) in [5.74, 6) is 0.632. The quantitative estimate of drug-likeness (QED) is 0.868. The average Bonchev–Trinajstić information content (AvgIpc) is 3.26. The topological polar surface area (TPSA) is 82.2 Å². The van der Waals surface area contributed by atoms with Gasteiger partial charge in [0, 0.05) is 32.4 Å². The first kappa shape index (κ1) is 17.5. The Bertz CT molecular complexity index is 915. The molecular weight excluding hydrogens is 371 g/mol. The third kappa shape index (κ3) is 2.64. The molecule has 1 aliphatic carbocycles. The first-order valence-electron chi connectivity index (χ1n) is 8.26. The van der Waals surface area contributed by atoms with Crippen molar-refractivity contribution in [3.05, 3.63) is 18.6 Å². The highest BCUT2D eigenvalue weighted by molar-refractivity contribution is 7.90. The summed E-state index contributed by atoms with van der Waals surface area (Å²) in [6.45, 7) is -0.139. The summed E-state index contributed by atoms with van der Waals surface area (Å²) in [6, 6.07) is 1.99. The number of aromatic nitrogens is 3. The van der Waals surface area contributed by atoms with Crippen LogP contribution in [0.5, 0.6) is 0 Å². The highest BCUT2D eigenvalue weighted by Gasteiger charge is 2.55. The summed E-state index contributed by atoms with van der Waals surface area (Å²) in [7, 11) is -3.33. The van der Waals surface area contributed by atoms with Crippen LogP contribution >= 0.6 is 0 Å². The predicted molar refractivity (Wildman–Crippen MR) is 88.8 cm³/mol. The highest BCUT2D eigenvalue weighted by atomic mass is 32.2. The number of fused-ring (bicyclic) bond motifs is 2. The first-order valence-corrected chi connectivity index (χ1v) is 9.70. The van der Waals surface area contributed by atoms with Gasteiger partial charge in [0.1, 0.15) is 17.8 Å². The van der Waals surface area contributed by atoms with E-state index in [9.17, 15) is 21.6 Å². The second-order valence-corrected chi connectivity index (χ2v) is 8.89. The molecule has 0 aromatic carbocycles. The van der Waals surface area contributed by atoms with Crippen molar-refractivity contribution in [3.8, 4) is 0 Å². The molecule has 0 radical (unpaired) electrons. The van der Waals surface area contributed by atoms with Gasteiger partial charge in [-0.15, -0.1) is 0 Å². The minimum Gasteiger partial charge on any atom is -0.356 e. The van der Waals surface area contributed by atoms with E-state index in [1.165, 1.54) is 6.33 Å². The third-order valence-electron chi connectivity index (χ3n) is 5.54. The molecule has 3 heterocycles. The second kappa shape index (κ2) is 5.81. The van der Waals surface area contributed by atoms with Crippen molar-refractivity contribution in [3.63, 3.8) is 0 Å². The van der Waals surface area contributed by atoms with Crippen LogP contribution in [-0.4, -0.2) is 59.4 Å². The van der Waals surface area contributed by atoms with Crippen molar-refractivity contribution >= 4 is 26.9 Å². The van der Waals surface area contributed by atoms with E-state index in [1.54, 1.807) is 6.20 Å². The van der Waals surface area contributed by atoms with Gasteiger partial charge in [0.15, 0.2) is 0 Å². The molecule has 0 amide bonds. The van der Waals surface area contributed by atoms with E-state index >= 15 is 0 Å². The molecule has 1 saturated carbocycles. The molecule has 1 N–H and O–H groups in total. The van der Waals surface area contributed by atoms with Crippen LogP contribution in [0.4, 0.5) is 19.0 Å². The Hall–Kier alpha value is -1.88. The lowest BCUT2D eigenvalue weighted by Gasteiger charge is -2.28. The van der Waals surface area contributed by atoms with E-state index in [-0.39, 0.29) is 31.0 Å². The zero-order chi connectivity index (χ0) is 18.7. The lowest BCUT2D eigenvalue weighted by atomic mass is 10.0. The number of sulfonamides is 1. The molecule has 0 spiro atoms. The van der Waals surface area contributed by atoms with E-state index in [0.717, 1.165) is 16.9 Å². The van der Waals surface area contributed by atoms with Crippen LogP contribution in [0.3, 0.4) is 0 Å². The lowest BCUT2D eigenvalue weighted by Crippen LogP contribution is -2.40. The number of aromatic amines is 1. The number of nitrogens with one attached hydrogen (secondary N) is 1. The number of halogens is 3. The molecule has 2 aliphatic rings. The number of alkyl halides is 3. The van der Waals surface area contributed by atoms with Crippen LogP contribution in [0.25, 0.3) is 11.0 Å². The van der Waals surface area contributed by atoms with Gasteiger partial charge in [-0.1, -0.05) is 0 Å². The normalized spacial score (nSPS) is 27.2. The fourth-order valence-corrected chi connectivity index (χ4v) is 5.26. The molecule has 1 aliphatic heterocycles. The molecule has 2 fully saturated rings. The minimum atomic E-state index is -5.23. The Morgan fingerprint density at radius 1 is 1.23 bits per heavy atom. The zero-order valence-corrected chi connectivity index (χ0v) is 14.8. The summed E-state index contributed by atoms with van der Waals surface area (Å²) in [6.07, 6.45) is 4.53. The van der Waals surface area contributed by atoms with Crippen molar-refractivity contribution < 1.29 is 21.6 Å².